The van der Waals surface area contributed by atoms with Crippen LogP contribution in [0.5, 0.6) is 0 Å². The van der Waals surface area contributed by atoms with Crippen molar-refractivity contribution in [2.45, 2.75) is 51.1 Å². The molecule has 1 atom stereocenters. The van der Waals surface area contributed by atoms with Gasteiger partial charge in [-0.15, -0.1) is 0 Å². The Labute approximate surface area is 125 Å². The molecule has 2 N–H and O–H groups in total. The van der Waals surface area contributed by atoms with Crippen molar-refractivity contribution in [3.8, 4) is 0 Å². The fourth-order valence-corrected chi connectivity index (χ4v) is 4.75. The van der Waals surface area contributed by atoms with Gasteiger partial charge in [0.2, 0.25) is 5.95 Å². The van der Waals surface area contributed by atoms with Crippen LogP contribution in [0.3, 0.4) is 0 Å². The second-order valence-corrected chi connectivity index (χ2v) is 8.32. The summed E-state index contributed by atoms with van der Waals surface area (Å²) in [4.78, 5) is 8.84. The maximum Gasteiger partial charge on any atom is 0.225 e. The highest BCUT2D eigenvalue weighted by atomic mass is 32.2. The highest BCUT2D eigenvalue weighted by molar-refractivity contribution is 7.91. The number of aryl methyl sites for hydroxylation is 1. The Kier molecular flexibility index (Phi) is 4.01. The molecule has 2 heterocycles. The Hall–Kier alpha value is -1.37. The highest BCUT2D eigenvalue weighted by Crippen LogP contribution is 2.22. The third kappa shape index (κ3) is 3.84. The molecular formula is C14H22N4O2S. The van der Waals surface area contributed by atoms with Gasteiger partial charge in [0.15, 0.2) is 9.84 Å². The minimum atomic E-state index is -2.89. The average Bonchev–Trinajstić information content (AvgIpc) is 2.98. The molecule has 7 heteroatoms. The monoisotopic (exact) mass is 310 g/mol. The van der Waals surface area contributed by atoms with Crippen LogP contribution in [0.2, 0.25) is 0 Å². The van der Waals surface area contributed by atoms with Gasteiger partial charge < -0.3 is 10.6 Å². The lowest BCUT2D eigenvalue weighted by atomic mass is 10.2. The Bertz CT molecular complexity index is 611. The summed E-state index contributed by atoms with van der Waals surface area (Å²) in [5, 5.41) is 6.62. The molecule has 116 valence electrons. The number of sulfone groups is 1. The van der Waals surface area contributed by atoms with E-state index in [2.05, 4.69) is 20.6 Å². The third-order valence-electron chi connectivity index (χ3n) is 4.13. The van der Waals surface area contributed by atoms with Crippen LogP contribution >= 0.6 is 0 Å². The maximum atomic E-state index is 11.5. The van der Waals surface area contributed by atoms with Gasteiger partial charge in [0.05, 0.1) is 11.5 Å². The summed E-state index contributed by atoms with van der Waals surface area (Å²) in [6, 6.07) is 2.37. The predicted molar refractivity (Wildman–Crippen MR) is 83.3 cm³/mol. The normalized spacial score (nSPS) is 25.1. The van der Waals surface area contributed by atoms with Gasteiger partial charge in [0, 0.05) is 23.8 Å². The van der Waals surface area contributed by atoms with Crippen LogP contribution in [0.4, 0.5) is 11.8 Å². The Morgan fingerprint density at radius 2 is 1.86 bits per heavy atom. The van der Waals surface area contributed by atoms with Crippen molar-refractivity contribution in [3.05, 3.63) is 11.8 Å². The number of hydrogen-bond donors (Lipinski definition) is 2. The second-order valence-electron chi connectivity index (χ2n) is 6.09. The molecule has 6 nitrogen and oxygen atoms in total. The van der Waals surface area contributed by atoms with Crippen molar-refractivity contribution < 1.29 is 8.42 Å². The minimum Gasteiger partial charge on any atom is -0.367 e. The predicted octanol–water partition coefficient (Wildman–Crippen LogP) is 1.74. The zero-order valence-corrected chi connectivity index (χ0v) is 13.1. The molecule has 0 spiro atoms. The number of hydrogen-bond acceptors (Lipinski definition) is 6. The molecule has 1 aliphatic heterocycles. The molecule has 1 aromatic rings. The van der Waals surface area contributed by atoms with E-state index >= 15 is 0 Å². The lowest BCUT2D eigenvalue weighted by Crippen LogP contribution is -2.23. The van der Waals surface area contributed by atoms with Crippen LogP contribution in [0.1, 0.15) is 37.8 Å². The van der Waals surface area contributed by atoms with Crippen molar-refractivity contribution in [3.63, 3.8) is 0 Å². The first-order chi connectivity index (χ1) is 10.00. The first-order valence-corrected chi connectivity index (χ1v) is 9.41. The number of anilines is 2. The molecule has 0 amide bonds. The fraction of sp³-hybridized carbons (Fsp3) is 0.714. The second kappa shape index (κ2) is 5.79. The molecule has 1 aromatic heterocycles. The van der Waals surface area contributed by atoms with Gasteiger partial charge >= 0.3 is 0 Å². The molecule has 0 aromatic carbocycles. The van der Waals surface area contributed by atoms with Gasteiger partial charge in [0.1, 0.15) is 5.82 Å². The minimum absolute atomic E-state index is 0.0730. The van der Waals surface area contributed by atoms with E-state index in [1.807, 2.05) is 13.0 Å². The van der Waals surface area contributed by atoms with E-state index in [0.29, 0.717) is 18.4 Å². The number of nitrogens with one attached hydrogen (secondary N) is 2. The van der Waals surface area contributed by atoms with E-state index in [1.54, 1.807) is 0 Å². The summed E-state index contributed by atoms with van der Waals surface area (Å²) in [5.41, 5.74) is 0.883. The SMILES string of the molecule is Cc1cc(NC2CCCC2)nc(NC2CCS(=O)(=O)C2)n1. The largest absolute Gasteiger partial charge is 0.367 e. The van der Waals surface area contributed by atoms with Crippen LogP contribution < -0.4 is 10.6 Å². The van der Waals surface area contributed by atoms with E-state index in [1.165, 1.54) is 25.7 Å². The van der Waals surface area contributed by atoms with E-state index in [0.717, 1.165) is 11.5 Å². The van der Waals surface area contributed by atoms with E-state index in [9.17, 15) is 8.42 Å². The number of aromatic nitrogens is 2. The fourth-order valence-electron chi connectivity index (χ4n) is 3.08. The molecule has 1 aliphatic carbocycles. The molecule has 0 radical (unpaired) electrons. The van der Waals surface area contributed by atoms with Crippen molar-refractivity contribution in [2.75, 3.05) is 22.1 Å². The zero-order chi connectivity index (χ0) is 14.9. The average molecular weight is 310 g/mol. The molecule has 2 fully saturated rings. The summed E-state index contributed by atoms with van der Waals surface area (Å²) in [6.07, 6.45) is 5.55. The molecule has 0 bridgehead atoms. The van der Waals surface area contributed by atoms with E-state index < -0.39 is 9.84 Å². The molecule has 2 aliphatic rings. The van der Waals surface area contributed by atoms with Gasteiger partial charge in [-0.25, -0.2) is 13.4 Å². The molecule has 1 saturated heterocycles. The lowest BCUT2D eigenvalue weighted by Gasteiger charge is -2.16. The maximum absolute atomic E-state index is 11.5. The number of nitrogens with zero attached hydrogens (tertiary/aromatic N) is 2. The Balaban J connectivity index is 1.68. The summed E-state index contributed by atoms with van der Waals surface area (Å²) < 4.78 is 23.0. The van der Waals surface area contributed by atoms with Crippen LogP contribution in [-0.4, -0.2) is 42.0 Å². The van der Waals surface area contributed by atoms with Crippen LogP contribution in [0, 0.1) is 6.92 Å². The topological polar surface area (TPSA) is 84.0 Å². The van der Waals surface area contributed by atoms with Crippen LogP contribution in [0.25, 0.3) is 0 Å². The molecule has 1 saturated carbocycles. The van der Waals surface area contributed by atoms with Gasteiger partial charge in [0.25, 0.3) is 0 Å². The van der Waals surface area contributed by atoms with Gasteiger partial charge in [-0.1, -0.05) is 12.8 Å². The highest BCUT2D eigenvalue weighted by Gasteiger charge is 2.28. The van der Waals surface area contributed by atoms with Crippen LogP contribution in [0.15, 0.2) is 6.07 Å². The molecule has 3 rings (SSSR count). The van der Waals surface area contributed by atoms with Gasteiger partial charge in [-0.05, 0) is 26.2 Å². The lowest BCUT2D eigenvalue weighted by molar-refractivity contribution is 0.602. The van der Waals surface area contributed by atoms with E-state index in [-0.39, 0.29) is 17.5 Å². The van der Waals surface area contributed by atoms with Crippen molar-refractivity contribution in [2.24, 2.45) is 0 Å². The summed E-state index contributed by atoms with van der Waals surface area (Å²) in [6.45, 7) is 1.93. The van der Waals surface area contributed by atoms with Crippen molar-refractivity contribution in [1.29, 1.82) is 0 Å². The smallest absolute Gasteiger partial charge is 0.225 e. The zero-order valence-electron chi connectivity index (χ0n) is 12.3. The summed E-state index contributed by atoms with van der Waals surface area (Å²) in [7, 11) is -2.89. The third-order valence-corrected chi connectivity index (χ3v) is 5.89. The van der Waals surface area contributed by atoms with Crippen molar-refractivity contribution in [1.82, 2.24) is 9.97 Å². The van der Waals surface area contributed by atoms with Gasteiger partial charge in [-0.3, -0.25) is 0 Å². The first-order valence-electron chi connectivity index (χ1n) is 7.59. The van der Waals surface area contributed by atoms with E-state index in [4.69, 9.17) is 0 Å². The standard InChI is InChI=1S/C14H22N4O2S/c1-10-8-13(16-11-4-2-3-5-11)18-14(15-10)17-12-6-7-21(19,20)9-12/h8,11-12H,2-7,9H2,1H3,(H2,15,16,17,18). The quantitative estimate of drug-likeness (QED) is 0.881. The summed E-state index contributed by atoms with van der Waals surface area (Å²) >= 11 is 0. The Morgan fingerprint density at radius 3 is 2.52 bits per heavy atom. The number of rotatable bonds is 4. The van der Waals surface area contributed by atoms with Gasteiger partial charge in [-0.2, -0.15) is 4.98 Å². The molecule has 1 unspecified atom stereocenters. The first kappa shape index (κ1) is 14.6. The Morgan fingerprint density at radius 1 is 1.10 bits per heavy atom. The molecular weight excluding hydrogens is 288 g/mol. The summed E-state index contributed by atoms with van der Waals surface area (Å²) in [5.74, 6) is 1.79. The van der Waals surface area contributed by atoms with Crippen molar-refractivity contribution >= 4 is 21.6 Å². The van der Waals surface area contributed by atoms with Crippen LogP contribution in [-0.2, 0) is 9.84 Å². The molecule has 21 heavy (non-hydrogen) atoms.